The molecule has 0 saturated heterocycles. The molecule has 2 aromatic rings. The number of hydrogen-bond donors (Lipinski definition) is 3. The van der Waals surface area contributed by atoms with Crippen molar-refractivity contribution in [1.29, 1.82) is 0 Å². The van der Waals surface area contributed by atoms with Crippen molar-refractivity contribution in [3.05, 3.63) is 59.7 Å². The van der Waals surface area contributed by atoms with Gasteiger partial charge < -0.3 is 21.5 Å². The fourth-order valence-electron chi connectivity index (χ4n) is 2.15. The Morgan fingerprint density at radius 2 is 2.00 bits per heavy atom. The number of hydrogen-bond acceptors (Lipinski definition) is 5. The summed E-state index contributed by atoms with van der Waals surface area (Å²) in [6.07, 6.45) is 2.39. The van der Waals surface area contributed by atoms with Crippen molar-refractivity contribution < 1.29 is 18.7 Å². The third-order valence-corrected chi connectivity index (χ3v) is 3.59. The van der Waals surface area contributed by atoms with E-state index >= 15 is 0 Å². The van der Waals surface area contributed by atoms with Crippen molar-refractivity contribution in [2.45, 2.75) is 32.4 Å². The summed E-state index contributed by atoms with van der Waals surface area (Å²) in [5, 5.41) is 2.66. The van der Waals surface area contributed by atoms with Crippen LogP contribution in [0.1, 0.15) is 35.8 Å². The normalized spacial score (nSPS) is 11.1. The van der Waals surface area contributed by atoms with Crippen LogP contribution in [0.5, 0.6) is 0 Å². The second-order valence-corrected chi connectivity index (χ2v) is 5.59. The van der Waals surface area contributed by atoms with E-state index < -0.39 is 12.0 Å². The van der Waals surface area contributed by atoms with E-state index in [1.54, 1.807) is 24.3 Å². The molecule has 0 saturated carbocycles. The number of halogens is 1. The molecule has 0 radical (unpaired) electrons. The van der Waals surface area contributed by atoms with Gasteiger partial charge in [-0.05, 0) is 24.6 Å². The molecule has 146 valence electrons. The molecule has 0 aliphatic carbocycles. The van der Waals surface area contributed by atoms with E-state index in [1.165, 1.54) is 25.4 Å². The molecule has 1 aromatic carbocycles. The topological polar surface area (TPSA) is 120 Å². The number of aromatic nitrogens is 1. The molecule has 0 spiro atoms. The minimum absolute atomic E-state index is 0.109. The number of anilines is 1. The Balaban J connectivity index is 0.000000337. The first-order valence-corrected chi connectivity index (χ1v) is 8.45. The number of carbonyl (C=O) groups is 2. The van der Waals surface area contributed by atoms with E-state index in [2.05, 4.69) is 10.3 Å². The average Bonchev–Trinajstić information content (AvgIpc) is 2.67. The highest BCUT2D eigenvalue weighted by Gasteiger charge is 2.17. The molecule has 1 aromatic heterocycles. The van der Waals surface area contributed by atoms with Gasteiger partial charge >= 0.3 is 0 Å². The Labute approximate surface area is 157 Å². The van der Waals surface area contributed by atoms with E-state index in [0.717, 1.165) is 6.42 Å². The standard InChI is InChI=1S/C12H17N3O3.C7H8FN/c1-3-4-10(18-2)12(17)15-8-5-6-14-9(7-8)11(13)16;8-7-4-2-1-3-6(7)5-9/h5-7,10H,3-4H2,1-2H3,(H2,13,16)(H,14,15,17);1-4H,5,9H2. The molecule has 1 unspecified atom stereocenters. The van der Waals surface area contributed by atoms with Gasteiger partial charge in [0.1, 0.15) is 17.6 Å². The van der Waals surface area contributed by atoms with Crippen molar-refractivity contribution in [2.75, 3.05) is 12.4 Å². The Bertz CT molecular complexity index is 755. The van der Waals surface area contributed by atoms with Crippen LogP contribution in [-0.2, 0) is 16.1 Å². The van der Waals surface area contributed by atoms with E-state index in [0.29, 0.717) is 17.7 Å². The third kappa shape index (κ3) is 7.51. The number of nitrogens with zero attached hydrogens (tertiary/aromatic N) is 1. The highest BCUT2D eigenvalue weighted by molar-refractivity contribution is 5.96. The molecule has 0 aliphatic rings. The first-order chi connectivity index (χ1) is 12.9. The van der Waals surface area contributed by atoms with Gasteiger partial charge in [-0.15, -0.1) is 0 Å². The number of ether oxygens (including phenoxy) is 1. The lowest BCUT2D eigenvalue weighted by Gasteiger charge is -2.14. The van der Waals surface area contributed by atoms with Crippen LogP contribution < -0.4 is 16.8 Å². The molecular weight excluding hydrogens is 351 g/mol. The average molecular weight is 376 g/mol. The lowest BCUT2D eigenvalue weighted by atomic mass is 10.2. The Morgan fingerprint density at radius 1 is 1.30 bits per heavy atom. The van der Waals surface area contributed by atoms with E-state index in [-0.39, 0.29) is 24.0 Å². The van der Waals surface area contributed by atoms with Gasteiger partial charge in [-0.25, -0.2) is 4.39 Å². The van der Waals surface area contributed by atoms with Crippen molar-refractivity contribution >= 4 is 17.5 Å². The number of nitrogens with one attached hydrogen (secondary N) is 1. The van der Waals surface area contributed by atoms with Gasteiger partial charge in [0.15, 0.2) is 0 Å². The predicted molar refractivity (Wildman–Crippen MR) is 101 cm³/mol. The first-order valence-electron chi connectivity index (χ1n) is 8.45. The molecule has 0 aliphatic heterocycles. The molecule has 5 N–H and O–H groups in total. The number of nitrogens with two attached hydrogens (primary N) is 2. The van der Waals surface area contributed by atoms with Gasteiger partial charge in [-0.2, -0.15) is 0 Å². The zero-order chi connectivity index (χ0) is 20.2. The summed E-state index contributed by atoms with van der Waals surface area (Å²) >= 11 is 0. The van der Waals surface area contributed by atoms with Crippen LogP contribution in [-0.4, -0.2) is 30.0 Å². The highest BCUT2D eigenvalue weighted by Crippen LogP contribution is 2.10. The van der Waals surface area contributed by atoms with E-state index in [1.807, 2.05) is 6.92 Å². The summed E-state index contributed by atoms with van der Waals surface area (Å²) in [4.78, 5) is 26.6. The van der Waals surface area contributed by atoms with Crippen molar-refractivity contribution in [2.24, 2.45) is 11.5 Å². The molecule has 27 heavy (non-hydrogen) atoms. The lowest BCUT2D eigenvalue weighted by Crippen LogP contribution is -2.29. The molecule has 2 amide bonds. The second-order valence-electron chi connectivity index (χ2n) is 5.59. The van der Waals surface area contributed by atoms with Crippen molar-refractivity contribution in [3.8, 4) is 0 Å². The quantitative estimate of drug-likeness (QED) is 0.684. The number of rotatable bonds is 7. The van der Waals surface area contributed by atoms with Crippen LogP contribution in [0.15, 0.2) is 42.6 Å². The molecular formula is C19H25FN4O3. The summed E-state index contributed by atoms with van der Waals surface area (Å²) in [6.45, 7) is 2.24. The van der Waals surface area contributed by atoms with Crippen LogP contribution >= 0.6 is 0 Å². The molecule has 0 bridgehead atoms. The van der Waals surface area contributed by atoms with E-state index in [9.17, 15) is 14.0 Å². The molecule has 8 heteroatoms. The molecule has 7 nitrogen and oxygen atoms in total. The van der Waals surface area contributed by atoms with Crippen LogP contribution in [0.3, 0.4) is 0 Å². The Morgan fingerprint density at radius 3 is 2.52 bits per heavy atom. The zero-order valence-corrected chi connectivity index (χ0v) is 15.4. The summed E-state index contributed by atoms with van der Waals surface area (Å²) in [5.41, 5.74) is 11.5. The molecule has 0 fully saturated rings. The number of methoxy groups -OCH3 is 1. The summed E-state index contributed by atoms with van der Waals surface area (Å²) < 4.78 is 17.6. The summed E-state index contributed by atoms with van der Waals surface area (Å²) in [7, 11) is 1.49. The number of pyridine rings is 1. The fraction of sp³-hybridized carbons (Fsp3) is 0.316. The summed E-state index contributed by atoms with van der Waals surface area (Å²) in [6, 6.07) is 9.51. The van der Waals surface area contributed by atoms with Gasteiger partial charge in [-0.3, -0.25) is 14.6 Å². The lowest BCUT2D eigenvalue weighted by molar-refractivity contribution is -0.126. The summed E-state index contributed by atoms with van der Waals surface area (Å²) in [5.74, 6) is -1.11. The first kappa shape index (κ1) is 22.2. The van der Waals surface area contributed by atoms with Crippen LogP contribution in [0, 0.1) is 5.82 Å². The van der Waals surface area contributed by atoms with Gasteiger partial charge in [0, 0.05) is 31.1 Å². The molecule has 1 heterocycles. The van der Waals surface area contributed by atoms with Crippen molar-refractivity contribution in [1.82, 2.24) is 4.98 Å². The minimum atomic E-state index is -0.636. The maximum Gasteiger partial charge on any atom is 0.267 e. The SMILES string of the molecule is CCCC(OC)C(=O)Nc1ccnc(C(N)=O)c1.NCc1ccccc1F. The van der Waals surface area contributed by atoms with Crippen LogP contribution in [0.4, 0.5) is 10.1 Å². The maximum absolute atomic E-state index is 12.5. The van der Waals surface area contributed by atoms with Gasteiger partial charge in [0.2, 0.25) is 0 Å². The van der Waals surface area contributed by atoms with Gasteiger partial charge in [0.25, 0.3) is 11.8 Å². The smallest absolute Gasteiger partial charge is 0.267 e. The molecule has 1 atom stereocenters. The largest absolute Gasteiger partial charge is 0.372 e. The fourth-order valence-corrected chi connectivity index (χ4v) is 2.15. The van der Waals surface area contributed by atoms with Crippen molar-refractivity contribution in [3.63, 3.8) is 0 Å². The Kier molecular flexibility index (Phi) is 9.63. The molecule has 2 rings (SSSR count). The van der Waals surface area contributed by atoms with Crippen LogP contribution in [0.2, 0.25) is 0 Å². The minimum Gasteiger partial charge on any atom is -0.372 e. The second kappa shape index (κ2) is 11.7. The number of amides is 2. The monoisotopic (exact) mass is 376 g/mol. The Hall–Kier alpha value is -2.84. The third-order valence-electron chi connectivity index (χ3n) is 3.59. The van der Waals surface area contributed by atoms with Gasteiger partial charge in [0.05, 0.1) is 0 Å². The van der Waals surface area contributed by atoms with E-state index in [4.69, 9.17) is 16.2 Å². The number of primary amides is 1. The predicted octanol–water partition coefficient (Wildman–Crippen LogP) is 2.22. The van der Waals surface area contributed by atoms with Gasteiger partial charge in [-0.1, -0.05) is 31.5 Å². The number of carbonyl (C=O) groups excluding carboxylic acids is 2. The highest BCUT2D eigenvalue weighted by atomic mass is 19.1. The maximum atomic E-state index is 12.5. The van der Waals surface area contributed by atoms with Crippen LogP contribution in [0.25, 0.3) is 0 Å². The number of benzene rings is 1. The zero-order valence-electron chi connectivity index (χ0n) is 15.4.